The molecule has 1 heterocycles. The van der Waals surface area contributed by atoms with Gasteiger partial charge in [-0.2, -0.15) is 0 Å². The lowest BCUT2D eigenvalue weighted by molar-refractivity contribution is 0.0911. The van der Waals surface area contributed by atoms with E-state index in [-0.39, 0.29) is 11.7 Å². The molecule has 1 aromatic carbocycles. The Hall–Kier alpha value is -1.62. The summed E-state index contributed by atoms with van der Waals surface area (Å²) in [6.45, 7) is 0.509. The third kappa shape index (κ3) is 2.42. The second-order valence-corrected chi connectivity index (χ2v) is 5.08. The molecule has 0 saturated heterocycles. The van der Waals surface area contributed by atoms with Crippen LogP contribution in [0.2, 0.25) is 0 Å². The van der Waals surface area contributed by atoms with E-state index in [1.807, 2.05) is 0 Å². The first-order chi connectivity index (χ1) is 9.25. The number of hydrogen-bond donors (Lipinski definition) is 2. The molecule has 0 atom stereocenters. The van der Waals surface area contributed by atoms with Crippen LogP contribution >= 0.6 is 0 Å². The van der Waals surface area contributed by atoms with E-state index in [4.69, 9.17) is 4.74 Å². The van der Waals surface area contributed by atoms with Crippen LogP contribution in [0.5, 0.6) is 5.75 Å². The normalized spacial score (nSPS) is 18.2. The molecule has 1 aromatic rings. The maximum atomic E-state index is 13.6. The van der Waals surface area contributed by atoms with Crippen molar-refractivity contribution in [3.63, 3.8) is 0 Å². The van der Waals surface area contributed by atoms with Gasteiger partial charge in [-0.05, 0) is 37.8 Å². The third-order valence-electron chi connectivity index (χ3n) is 3.77. The average molecular weight is 264 g/mol. The number of hydrogen-bond acceptors (Lipinski definition) is 3. The first-order valence-electron chi connectivity index (χ1n) is 6.76. The van der Waals surface area contributed by atoms with E-state index in [0.29, 0.717) is 30.2 Å². The maximum Gasteiger partial charge on any atom is 0.265 e. The average Bonchev–Trinajstić information content (AvgIpc) is 2.37. The van der Waals surface area contributed by atoms with E-state index in [0.717, 1.165) is 19.3 Å². The summed E-state index contributed by atoms with van der Waals surface area (Å²) in [5.74, 6) is -0.366. The number of amides is 1. The molecular weight excluding hydrogens is 247 g/mol. The second-order valence-electron chi connectivity index (χ2n) is 5.08. The van der Waals surface area contributed by atoms with Crippen LogP contribution in [0.1, 0.15) is 41.6 Å². The number of halogens is 1. The molecule has 1 aliphatic heterocycles. The van der Waals surface area contributed by atoms with Crippen molar-refractivity contribution >= 4 is 5.91 Å². The highest BCUT2D eigenvalue weighted by atomic mass is 19.1. The highest BCUT2D eigenvalue weighted by Gasteiger charge is 2.23. The minimum Gasteiger partial charge on any atom is -0.490 e. The molecule has 1 aliphatic carbocycles. The first-order valence-corrected chi connectivity index (χ1v) is 6.76. The van der Waals surface area contributed by atoms with Gasteiger partial charge in [0.25, 0.3) is 5.91 Å². The zero-order chi connectivity index (χ0) is 13.2. The van der Waals surface area contributed by atoms with Crippen molar-refractivity contribution < 1.29 is 13.9 Å². The summed E-state index contributed by atoms with van der Waals surface area (Å²) in [4.78, 5) is 12.1. The van der Waals surface area contributed by atoms with Crippen molar-refractivity contribution in [3.8, 4) is 5.75 Å². The quantitative estimate of drug-likeness (QED) is 0.820. The minimum absolute atomic E-state index is 0.214. The van der Waals surface area contributed by atoms with Gasteiger partial charge in [0, 0.05) is 17.2 Å². The van der Waals surface area contributed by atoms with Gasteiger partial charge in [-0.3, -0.25) is 10.2 Å². The molecule has 0 bridgehead atoms. The Balaban J connectivity index is 1.77. The Morgan fingerprint density at radius 1 is 1.32 bits per heavy atom. The molecule has 1 fully saturated rings. The van der Waals surface area contributed by atoms with Crippen LogP contribution in [0.3, 0.4) is 0 Å². The predicted molar refractivity (Wildman–Crippen MR) is 68.5 cm³/mol. The molecule has 2 aliphatic rings. The summed E-state index contributed by atoms with van der Waals surface area (Å²) in [5, 5.41) is 0. The Labute approximate surface area is 111 Å². The van der Waals surface area contributed by atoms with Gasteiger partial charge in [0.1, 0.15) is 0 Å². The van der Waals surface area contributed by atoms with E-state index >= 15 is 0 Å². The van der Waals surface area contributed by atoms with Crippen LogP contribution in [-0.4, -0.2) is 18.6 Å². The third-order valence-corrected chi connectivity index (χ3v) is 3.77. The monoisotopic (exact) mass is 264 g/mol. The lowest BCUT2D eigenvalue weighted by atomic mass is 9.94. The smallest absolute Gasteiger partial charge is 0.265 e. The highest BCUT2D eigenvalue weighted by Crippen LogP contribution is 2.30. The van der Waals surface area contributed by atoms with Crippen molar-refractivity contribution in [2.75, 3.05) is 6.61 Å². The number of carbonyl (C=O) groups is 1. The zero-order valence-electron chi connectivity index (χ0n) is 10.7. The number of rotatable bonds is 3. The fourth-order valence-electron chi connectivity index (χ4n) is 2.43. The van der Waals surface area contributed by atoms with Crippen molar-refractivity contribution in [2.24, 2.45) is 0 Å². The Kier molecular flexibility index (Phi) is 3.38. The molecule has 1 saturated carbocycles. The van der Waals surface area contributed by atoms with Gasteiger partial charge in [0.05, 0.1) is 6.61 Å². The molecule has 4 nitrogen and oxygen atoms in total. The van der Waals surface area contributed by atoms with Crippen LogP contribution in [0.25, 0.3) is 0 Å². The molecule has 0 spiro atoms. The summed E-state index contributed by atoms with van der Waals surface area (Å²) >= 11 is 0. The number of fused-ring (bicyclic) bond motifs is 1. The van der Waals surface area contributed by atoms with Gasteiger partial charge in [-0.1, -0.05) is 6.42 Å². The van der Waals surface area contributed by atoms with E-state index in [1.165, 1.54) is 18.6 Å². The molecule has 3 rings (SSSR count). The van der Waals surface area contributed by atoms with Crippen LogP contribution in [0, 0.1) is 5.82 Å². The summed E-state index contributed by atoms with van der Waals surface area (Å²) < 4.78 is 18.9. The van der Waals surface area contributed by atoms with E-state index in [2.05, 4.69) is 10.9 Å². The zero-order valence-corrected chi connectivity index (χ0v) is 10.7. The van der Waals surface area contributed by atoms with Gasteiger partial charge in [0.15, 0.2) is 11.6 Å². The largest absolute Gasteiger partial charge is 0.490 e. The molecule has 1 amide bonds. The summed E-state index contributed by atoms with van der Waals surface area (Å²) in [5.41, 5.74) is 6.89. The fraction of sp³-hybridized carbons (Fsp3) is 0.500. The summed E-state index contributed by atoms with van der Waals surface area (Å²) in [6, 6.07) is 3.19. The molecule has 0 unspecified atom stereocenters. The Morgan fingerprint density at radius 2 is 2.16 bits per heavy atom. The molecule has 0 aromatic heterocycles. The van der Waals surface area contributed by atoms with Crippen LogP contribution in [0.4, 0.5) is 4.39 Å². The van der Waals surface area contributed by atoms with E-state index in [1.54, 1.807) is 0 Å². The Morgan fingerprint density at radius 3 is 2.89 bits per heavy atom. The van der Waals surface area contributed by atoms with Gasteiger partial charge >= 0.3 is 0 Å². The molecular formula is C14H17FN2O2. The van der Waals surface area contributed by atoms with Crippen LogP contribution in [0.15, 0.2) is 12.1 Å². The van der Waals surface area contributed by atoms with Gasteiger partial charge in [-0.25, -0.2) is 9.82 Å². The topological polar surface area (TPSA) is 50.4 Å². The fourth-order valence-corrected chi connectivity index (χ4v) is 2.43. The van der Waals surface area contributed by atoms with Crippen molar-refractivity contribution in [1.82, 2.24) is 10.9 Å². The van der Waals surface area contributed by atoms with E-state index in [9.17, 15) is 9.18 Å². The SMILES string of the molecule is O=C(NNC1CCC1)c1ccc(F)c2c1CCCO2. The molecule has 102 valence electrons. The molecule has 5 heteroatoms. The molecule has 2 N–H and O–H groups in total. The number of nitrogens with one attached hydrogen (secondary N) is 2. The standard InChI is InChI=1S/C14H17FN2O2/c15-12-7-6-11(10-5-2-8-19-13(10)12)14(18)17-16-9-3-1-4-9/h6-7,9,16H,1-5,8H2,(H,17,18). The molecule has 0 radical (unpaired) electrons. The van der Waals surface area contributed by atoms with Crippen molar-refractivity contribution in [2.45, 2.75) is 38.1 Å². The van der Waals surface area contributed by atoms with Crippen LogP contribution in [-0.2, 0) is 6.42 Å². The number of ether oxygens (including phenoxy) is 1. The number of carbonyl (C=O) groups excluding carboxylic acids is 1. The predicted octanol–water partition coefficient (Wildman–Crippen LogP) is 1.94. The second kappa shape index (κ2) is 5.17. The van der Waals surface area contributed by atoms with Gasteiger partial charge < -0.3 is 4.74 Å². The van der Waals surface area contributed by atoms with Gasteiger partial charge in [-0.15, -0.1) is 0 Å². The molecule has 19 heavy (non-hydrogen) atoms. The first kappa shape index (κ1) is 12.4. The summed E-state index contributed by atoms with van der Waals surface area (Å²) in [6.07, 6.45) is 4.87. The van der Waals surface area contributed by atoms with Crippen LogP contribution < -0.4 is 15.6 Å². The number of benzene rings is 1. The highest BCUT2D eigenvalue weighted by molar-refractivity contribution is 5.96. The summed E-state index contributed by atoms with van der Waals surface area (Å²) in [7, 11) is 0. The lowest BCUT2D eigenvalue weighted by Crippen LogP contribution is -2.47. The number of hydrazine groups is 1. The van der Waals surface area contributed by atoms with Crippen molar-refractivity contribution in [1.29, 1.82) is 0 Å². The Bertz CT molecular complexity index is 500. The lowest BCUT2D eigenvalue weighted by Gasteiger charge is -2.27. The minimum atomic E-state index is -0.391. The van der Waals surface area contributed by atoms with Crippen molar-refractivity contribution in [3.05, 3.63) is 29.1 Å². The van der Waals surface area contributed by atoms with E-state index < -0.39 is 5.82 Å². The maximum absolute atomic E-state index is 13.6. The van der Waals surface area contributed by atoms with Gasteiger partial charge in [0.2, 0.25) is 0 Å².